The van der Waals surface area contributed by atoms with Gasteiger partial charge in [-0.2, -0.15) is 12.6 Å². The van der Waals surface area contributed by atoms with Crippen LogP contribution in [0.3, 0.4) is 0 Å². The van der Waals surface area contributed by atoms with Gasteiger partial charge in [-0.15, -0.1) is 0 Å². The summed E-state index contributed by atoms with van der Waals surface area (Å²) >= 11 is 3.86. The fraction of sp³-hybridized carbons (Fsp3) is 0.750. The molecule has 8 heavy (non-hydrogen) atoms. The van der Waals surface area contributed by atoms with Crippen LogP contribution < -0.4 is 5.73 Å². The fourth-order valence-electron chi connectivity index (χ4n) is 0.236. The van der Waals surface area contributed by atoms with E-state index in [4.69, 9.17) is 0 Å². The first kappa shape index (κ1) is 7.62. The molecule has 0 bridgehead atoms. The number of carbonyl (C=O) groups is 1. The molecule has 0 aromatic rings. The number of amides is 1. The van der Waals surface area contributed by atoms with Gasteiger partial charge >= 0.3 is 6.09 Å². The van der Waals surface area contributed by atoms with Crippen LogP contribution in [0.5, 0.6) is 0 Å². The van der Waals surface area contributed by atoms with E-state index in [2.05, 4.69) is 23.1 Å². The van der Waals surface area contributed by atoms with Gasteiger partial charge in [0.1, 0.15) is 6.10 Å². The average Bonchev–Trinajstić information content (AvgIpc) is 1.65. The fourth-order valence-corrected chi connectivity index (χ4v) is 0.310. The number of hydrogen-bond acceptors (Lipinski definition) is 3. The smallest absolute Gasteiger partial charge is 0.404 e. The second-order valence-corrected chi connectivity index (χ2v) is 1.80. The van der Waals surface area contributed by atoms with Crippen LogP contribution in [-0.4, -0.2) is 18.0 Å². The minimum absolute atomic E-state index is 0.184. The van der Waals surface area contributed by atoms with Crippen molar-refractivity contribution < 1.29 is 9.53 Å². The van der Waals surface area contributed by atoms with Gasteiger partial charge in [0.2, 0.25) is 0 Å². The van der Waals surface area contributed by atoms with Gasteiger partial charge in [0.25, 0.3) is 0 Å². The molecule has 0 radical (unpaired) electrons. The molecule has 0 fully saturated rings. The third-order valence-corrected chi connectivity index (χ3v) is 1.09. The van der Waals surface area contributed by atoms with Gasteiger partial charge in [-0.1, -0.05) is 0 Å². The Morgan fingerprint density at radius 2 is 2.50 bits per heavy atom. The van der Waals surface area contributed by atoms with Crippen molar-refractivity contribution in [2.45, 2.75) is 13.0 Å². The van der Waals surface area contributed by atoms with Gasteiger partial charge < -0.3 is 10.5 Å². The van der Waals surface area contributed by atoms with Gasteiger partial charge in [-0.05, 0) is 6.92 Å². The molecule has 0 aliphatic carbocycles. The Labute approximate surface area is 53.6 Å². The molecular weight excluding hydrogens is 126 g/mol. The zero-order valence-electron chi connectivity index (χ0n) is 4.63. The maximum absolute atomic E-state index is 9.93. The molecule has 0 rings (SSSR count). The topological polar surface area (TPSA) is 52.3 Å². The summed E-state index contributed by atoms with van der Waals surface area (Å²) in [5.41, 5.74) is 4.67. The molecule has 2 N–H and O–H groups in total. The van der Waals surface area contributed by atoms with Gasteiger partial charge in [-0.25, -0.2) is 4.79 Å². The third kappa shape index (κ3) is 3.80. The highest BCUT2D eigenvalue weighted by molar-refractivity contribution is 7.80. The maximum atomic E-state index is 9.93. The number of carbonyl (C=O) groups excluding carboxylic acids is 1. The van der Waals surface area contributed by atoms with E-state index in [0.717, 1.165) is 0 Å². The molecule has 0 aliphatic rings. The number of ether oxygens (including phenoxy) is 1. The zero-order chi connectivity index (χ0) is 6.57. The molecule has 1 amide bonds. The van der Waals surface area contributed by atoms with E-state index in [1.54, 1.807) is 6.92 Å². The first-order chi connectivity index (χ1) is 3.66. The van der Waals surface area contributed by atoms with Crippen LogP contribution in [0.1, 0.15) is 6.92 Å². The number of primary amides is 1. The molecule has 48 valence electrons. The van der Waals surface area contributed by atoms with E-state index in [-0.39, 0.29) is 6.10 Å². The average molecular weight is 135 g/mol. The molecule has 0 saturated carbocycles. The highest BCUT2D eigenvalue weighted by Gasteiger charge is 2.00. The molecule has 1 atom stereocenters. The van der Waals surface area contributed by atoms with Crippen molar-refractivity contribution in [3.8, 4) is 0 Å². The molecule has 0 aromatic heterocycles. The Bertz CT molecular complexity index is 86.1. The molecular formula is C4H9NO2S. The number of nitrogens with two attached hydrogens (primary N) is 1. The minimum Gasteiger partial charge on any atom is -0.446 e. The lowest BCUT2D eigenvalue weighted by atomic mass is 10.5. The summed E-state index contributed by atoms with van der Waals surface area (Å²) in [7, 11) is 0. The number of rotatable bonds is 2. The Hall–Kier alpha value is -0.380. The van der Waals surface area contributed by atoms with Crippen molar-refractivity contribution in [1.82, 2.24) is 0 Å². The van der Waals surface area contributed by atoms with Crippen molar-refractivity contribution in [3.05, 3.63) is 0 Å². The minimum atomic E-state index is -0.744. The summed E-state index contributed by atoms with van der Waals surface area (Å²) in [6.07, 6.45) is -0.928. The van der Waals surface area contributed by atoms with Crippen molar-refractivity contribution >= 4 is 18.7 Å². The highest BCUT2D eigenvalue weighted by Crippen LogP contribution is 1.90. The summed E-state index contributed by atoms with van der Waals surface area (Å²) in [5.74, 6) is 0.503. The van der Waals surface area contributed by atoms with Crippen LogP contribution in [0.2, 0.25) is 0 Å². The number of thiol groups is 1. The maximum Gasteiger partial charge on any atom is 0.404 e. The van der Waals surface area contributed by atoms with Crippen molar-refractivity contribution in [2.75, 3.05) is 5.75 Å². The largest absolute Gasteiger partial charge is 0.446 e. The van der Waals surface area contributed by atoms with E-state index in [1.807, 2.05) is 0 Å². The molecule has 0 heterocycles. The van der Waals surface area contributed by atoms with Crippen LogP contribution in [0.15, 0.2) is 0 Å². The summed E-state index contributed by atoms with van der Waals surface area (Å²) in [4.78, 5) is 9.93. The molecule has 0 aliphatic heterocycles. The van der Waals surface area contributed by atoms with Crippen LogP contribution in [0, 0.1) is 0 Å². The predicted molar refractivity (Wildman–Crippen MR) is 34.0 cm³/mol. The highest BCUT2D eigenvalue weighted by atomic mass is 32.1. The zero-order valence-corrected chi connectivity index (χ0v) is 5.52. The Kier molecular flexibility index (Phi) is 3.43. The second kappa shape index (κ2) is 3.60. The van der Waals surface area contributed by atoms with E-state index in [0.29, 0.717) is 5.75 Å². The summed E-state index contributed by atoms with van der Waals surface area (Å²) in [6.45, 7) is 1.72. The van der Waals surface area contributed by atoms with E-state index >= 15 is 0 Å². The van der Waals surface area contributed by atoms with Crippen LogP contribution in [0.25, 0.3) is 0 Å². The SMILES string of the molecule is CC(CS)OC(N)=O. The molecule has 0 aromatic carbocycles. The summed E-state index contributed by atoms with van der Waals surface area (Å²) < 4.78 is 4.46. The van der Waals surface area contributed by atoms with E-state index < -0.39 is 6.09 Å². The van der Waals surface area contributed by atoms with Gasteiger partial charge in [0.05, 0.1) is 0 Å². The standard InChI is InChI=1S/C4H9NO2S/c1-3(2-8)7-4(5)6/h3,8H,2H2,1H3,(H2,5,6). The van der Waals surface area contributed by atoms with Crippen LogP contribution >= 0.6 is 12.6 Å². The van der Waals surface area contributed by atoms with Crippen molar-refractivity contribution in [2.24, 2.45) is 5.73 Å². The Morgan fingerprint density at radius 1 is 2.00 bits per heavy atom. The van der Waals surface area contributed by atoms with E-state index in [1.165, 1.54) is 0 Å². The molecule has 3 nitrogen and oxygen atoms in total. The molecule has 0 spiro atoms. The lowest BCUT2D eigenvalue weighted by Crippen LogP contribution is -2.21. The van der Waals surface area contributed by atoms with Gasteiger partial charge in [0, 0.05) is 5.75 Å². The second-order valence-electron chi connectivity index (χ2n) is 1.43. The van der Waals surface area contributed by atoms with Gasteiger partial charge in [-0.3, -0.25) is 0 Å². The number of hydrogen-bond donors (Lipinski definition) is 2. The van der Waals surface area contributed by atoms with Crippen molar-refractivity contribution in [3.63, 3.8) is 0 Å². The Morgan fingerprint density at radius 3 is 2.62 bits per heavy atom. The lowest BCUT2D eigenvalue weighted by Gasteiger charge is -2.05. The summed E-state index contributed by atoms with van der Waals surface area (Å²) in [6, 6.07) is 0. The quantitative estimate of drug-likeness (QED) is 0.538. The van der Waals surface area contributed by atoms with Crippen LogP contribution in [-0.2, 0) is 4.74 Å². The molecule has 4 heteroatoms. The molecule has 0 saturated heterocycles. The molecule has 1 unspecified atom stereocenters. The first-order valence-electron chi connectivity index (χ1n) is 2.23. The summed E-state index contributed by atoms with van der Waals surface area (Å²) in [5, 5.41) is 0. The Balaban J connectivity index is 3.24. The lowest BCUT2D eigenvalue weighted by molar-refractivity contribution is 0.127. The van der Waals surface area contributed by atoms with Gasteiger partial charge in [0.15, 0.2) is 0 Å². The van der Waals surface area contributed by atoms with E-state index in [9.17, 15) is 4.79 Å². The van der Waals surface area contributed by atoms with Crippen LogP contribution in [0.4, 0.5) is 4.79 Å². The van der Waals surface area contributed by atoms with Crippen molar-refractivity contribution in [1.29, 1.82) is 0 Å². The third-order valence-electron chi connectivity index (χ3n) is 0.574. The normalized spacial score (nSPS) is 12.8. The first-order valence-corrected chi connectivity index (χ1v) is 2.87. The monoisotopic (exact) mass is 135 g/mol. The predicted octanol–water partition coefficient (Wildman–Crippen LogP) is 0.400.